The van der Waals surface area contributed by atoms with Crippen LogP contribution < -0.4 is 5.32 Å². The molecule has 4 aromatic rings. The van der Waals surface area contributed by atoms with Gasteiger partial charge in [0.15, 0.2) is 11.6 Å². The SMILES string of the molecule is CC(C)c1c(C(=O)Nc2ccc(O)cc2O)c(-c2ccccc2)c(-c2ccc(F)c(F)c2)n1CCC(O)CC(O)CC(=O)O. The molecule has 3 aromatic carbocycles. The van der Waals surface area contributed by atoms with Crippen molar-refractivity contribution in [2.24, 2.45) is 0 Å². The maximum Gasteiger partial charge on any atom is 0.305 e. The molecule has 0 saturated heterocycles. The molecule has 2 atom stereocenters. The molecule has 0 saturated carbocycles. The minimum absolute atomic E-state index is 0.0338. The zero-order valence-corrected chi connectivity index (χ0v) is 24.2. The Morgan fingerprint density at radius 1 is 0.886 bits per heavy atom. The van der Waals surface area contributed by atoms with Crippen LogP contribution in [0.3, 0.4) is 0 Å². The van der Waals surface area contributed by atoms with Crippen molar-refractivity contribution in [3.63, 3.8) is 0 Å². The molecule has 2 unspecified atom stereocenters. The van der Waals surface area contributed by atoms with E-state index in [9.17, 15) is 38.8 Å². The number of nitrogens with one attached hydrogen (secondary N) is 1. The fraction of sp³-hybridized carbons (Fsp3) is 0.273. The normalized spacial score (nSPS) is 12.7. The number of rotatable bonds is 12. The molecular weight excluding hydrogens is 574 g/mol. The Balaban J connectivity index is 1.94. The number of phenolic OH excluding ortho intramolecular Hbond substituents is 2. The molecule has 1 aromatic heterocycles. The molecule has 0 fully saturated rings. The van der Waals surface area contributed by atoms with Crippen LogP contribution in [-0.2, 0) is 11.3 Å². The van der Waals surface area contributed by atoms with Gasteiger partial charge in [-0.15, -0.1) is 0 Å². The highest BCUT2D eigenvalue weighted by molar-refractivity contribution is 6.13. The summed E-state index contributed by atoms with van der Waals surface area (Å²) in [5.41, 5.74) is 2.35. The maximum atomic E-state index is 14.7. The number of amides is 1. The molecular formula is C33H34F2N2O7. The van der Waals surface area contributed by atoms with Crippen LogP contribution >= 0.6 is 0 Å². The Hall–Kier alpha value is -4.74. The molecule has 44 heavy (non-hydrogen) atoms. The Labute approximate surface area is 252 Å². The van der Waals surface area contributed by atoms with Crippen molar-refractivity contribution in [2.45, 2.75) is 57.8 Å². The summed E-state index contributed by atoms with van der Waals surface area (Å²) < 4.78 is 30.5. The lowest BCUT2D eigenvalue weighted by molar-refractivity contribution is -0.139. The number of aliphatic carboxylic acids is 1. The van der Waals surface area contributed by atoms with E-state index < -0.39 is 42.1 Å². The Kier molecular flexibility index (Phi) is 10.0. The van der Waals surface area contributed by atoms with Crippen LogP contribution in [0, 0.1) is 11.6 Å². The van der Waals surface area contributed by atoms with E-state index in [-0.39, 0.29) is 53.6 Å². The third-order valence-corrected chi connectivity index (χ3v) is 7.20. The number of hydrogen-bond donors (Lipinski definition) is 6. The van der Waals surface area contributed by atoms with Gasteiger partial charge in [-0.1, -0.05) is 44.2 Å². The molecule has 1 amide bonds. The third-order valence-electron chi connectivity index (χ3n) is 7.20. The predicted molar refractivity (Wildman–Crippen MR) is 161 cm³/mol. The predicted octanol–water partition coefficient (Wildman–Crippen LogP) is 5.86. The zero-order chi connectivity index (χ0) is 32.1. The zero-order valence-electron chi connectivity index (χ0n) is 24.2. The van der Waals surface area contributed by atoms with E-state index in [0.29, 0.717) is 22.5 Å². The minimum Gasteiger partial charge on any atom is -0.508 e. The quantitative estimate of drug-likeness (QED) is 0.0870. The number of phenols is 2. The summed E-state index contributed by atoms with van der Waals surface area (Å²) in [6, 6.07) is 16.0. The second-order valence-corrected chi connectivity index (χ2v) is 10.9. The van der Waals surface area contributed by atoms with Gasteiger partial charge in [0, 0.05) is 29.4 Å². The average Bonchev–Trinajstić information content (AvgIpc) is 3.30. The van der Waals surface area contributed by atoms with E-state index in [4.69, 9.17) is 5.11 Å². The second kappa shape index (κ2) is 13.7. The highest BCUT2D eigenvalue weighted by Crippen LogP contribution is 2.43. The van der Waals surface area contributed by atoms with E-state index in [1.807, 2.05) is 13.8 Å². The second-order valence-electron chi connectivity index (χ2n) is 10.9. The molecule has 0 aliphatic carbocycles. The molecule has 11 heteroatoms. The molecule has 0 radical (unpaired) electrons. The molecule has 0 aliphatic heterocycles. The van der Waals surface area contributed by atoms with E-state index in [1.165, 1.54) is 18.2 Å². The molecule has 0 spiro atoms. The largest absolute Gasteiger partial charge is 0.508 e. The van der Waals surface area contributed by atoms with E-state index in [1.54, 1.807) is 34.9 Å². The topological polar surface area (TPSA) is 152 Å². The number of anilines is 1. The lowest BCUT2D eigenvalue weighted by Crippen LogP contribution is -2.22. The molecule has 9 nitrogen and oxygen atoms in total. The van der Waals surface area contributed by atoms with Gasteiger partial charge < -0.3 is 35.4 Å². The van der Waals surface area contributed by atoms with Gasteiger partial charge in [-0.05, 0) is 54.7 Å². The number of carbonyl (C=O) groups excluding carboxylic acids is 1. The fourth-order valence-electron chi connectivity index (χ4n) is 5.33. The van der Waals surface area contributed by atoms with Crippen molar-refractivity contribution in [1.82, 2.24) is 4.57 Å². The van der Waals surface area contributed by atoms with Gasteiger partial charge in [0.05, 0.1) is 35.6 Å². The minimum atomic E-state index is -1.28. The summed E-state index contributed by atoms with van der Waals surface area (Å²) in [7, 11) is 0. The first kappa shape index (κ1) is 32.2. The standard InChI is InChI=1S/C33H34F2N2O7/c1-18(2)31-30(33(44)36-26-11-9-21(38)16-27(26)41)29(19-6-4-3-5-7-19)32(20-8-10-24(34)25(35)14-20)37(31)13-12-22(39)15-23(40)17-28(42)43/h3-11,14,16,18,22-23,38-41H,12-13,15,17H2,1-2H3,(H,36,44)(H,42,43). The first-order valence-electron chi connectivity index (χ1n) is 14.1. The number of benzene rings is 3. The van der Waals surface area contributed by atoms with Gasteiger partial charge in [-0.25, -0.2) is 8.78 Å². The highest BCUT2D eigenvalue weighted by Gasteiger charge is 2.31. The number of hydrogen-bond acceptors (Lipinski definition) is 6. The smallest absolute Gasteiger partial charge is 0.305 e. The van der Waals surface area contributed by atoms with Crippen LogP contribution in [-0.4, -0.2) is 54.2 Å². The summed E-state index contributed by atoms with van der Waals surface area (Å²) in [6.07, 6.45) is -3.10. The van der Waals surface area contributed by atoms with Crippen LogP contribution in [0.15, 0.2) is 66.7 Å². The molecule has 6 N–H and O–H groups in total. The summed E-state index contributed by atoms with van der Waals surface area (Å²) in [5.74, 6) is -4.87. The van der Waals surface area contributed by atoms with E-state index in [2.05, 4.69) is 5.32 Å². The summed E-state index contributed by atoms with van der Waals surface area (Å²) in [4.78, 5) is 25.1. The van der Waals surface area contributed by atoms with Gasteiger partial charge in [0.25, 0.3) is 5.91 Å². The summed E-state index contributed by atoms with van der Waals surface area (Å²) >= 11 is 0. The van der Waals surface area contributed by atoms with Crippen LogP contribution in [0.1, 0.15) is 55.1 Å². The molecule has 0 aliphatic rings. The highest BCUT2D eigenvalue weighted by atomic mass is 19.2. The number of aliphatic hydroxyl groups excluding tert-OH is 2. The van der Waals surface area contributed by atoms with Crippen LogP contribution in [0.25, 0.3) is 22.4 Å². The Morgan fingerprint density at radius 2 is 1.59 bits per heavy atom. The summed E-state index contributed by atoms with van der Waals surface area (Å²) in [6.45, 7) is 3.76. The number of nitrogens with zero attached hydrogens (tertiary/aromatic N) is 1. The Morgan fingerprint density at radius 3 is 2.20 bits per heavy atom. The van der Waals surface area contributed by atoms with Gasteiger partial charge in [0.2, 0.25) is 0 Å². The molecule has 4 rings (SSSR count). The summed E-state index contributed by atoms with van der Waals surface area (Å²) in [5, 5.41) is 52.5. The van der Waals surface area contributed by atoms with Crippen molar-refractivity contribution >= 4 is 17.6 Å². The first-order chi connectivity index (χ1) is 20.9. The van der Waals surface area contributed by atoms with Crippen LogP contribution in [0.5, 0.6) is 11.5 Å². The van der Waals surface area contributed by atoms with Gasteiger partial charge in [0.1, 0.15) is 11.5 Å². The number of carboxylic acids is 1. The van der Waals surface area contributed by atoms with Crippen molar-refractivity contribution in [3.8, 4) is 33.9 Å². The van der Waals surface area contributed by atoms with Crippen molar-refractivity contribution in [3.05, 3.63) is 89.6 Å². The van der Waals surface area contributed by atoms with E-state index >= 15 is 0 Å². The van der Waals surface area contributed by atoms with E-state index in [0.717, 1.165) is 18.2 Å². The number of aromatic hydroxyl groups is 2. The molecule has 1 heterocycles. The monoisotopic (exact) mass is 608 g/mol. The fourth-order valence-corrected chi connectivity index (χ4v) is 5.33. The van der Waals surface area contributed by atoms with Gasteiger partial charge in [-0.3, -0.25) is 9.59 Å². The average molecular weight is 609 g/mol. The lowest BCUT2D eigenvalue weighted by atomic mass is 9.94. The molecule has 232 valence electrons. The maximum absolute atomic E-state index is 14.7. The van der Waals surface area contributed by atoms with Crippen LogP contribution in [0.4, 0.5) is 14.5 Å². The number of carboxylic acid groups (broad SMARTS) is 1. The van der Waals surface area contributed by atoms with Crippen molar-refractivity contribution in [1.29, 1.82) is 0 Å². The Bertz CT molecular complexity index is 1650. The molecule has 0 bridgehead atoms. The number of halogens is 2. The number of carbonyl (C=O) groups is 2. The van der Waals surface area contributed by atoms with Crippen molar-refractivity contribution < 1.29 is 43.9 Å². The number of aliphatic hydroxyl groups is 2. The third kappa shape index (κ3) is 7.24. The van der Waals surface area contributed by atoms with Crippen LogP contribution in [0.2, 0.25) is 0 Å². The van der Waals surface area contributed by atoms with Gasteiger partial charge >= 0.3 is 5.97 Å². The van der Waals surface area contributed by atoms with Crippen molar-refractivity contribution in [2.75, 3.05) is 5.32 Å². The lowest BCUT2D eigenvalue weighted by Gasteiger charge is -2.20. The number of aromatic nitrogens is 1. The van der Waals surface area contributed by atoms with Gasteiger partial charge in [-0.2, -0.15) is 0 Å². The first-order valence-corrected chi connectivity index (χ1v) is 14.1.